The molecule has 0 aliphatic carbocycles. The number of H-pyrrole nitrogens is 1. The molecule has 1 fully saturated rings. The van der Waals surface area contributed by atoms with E-state index in [0.29, 0.717) is 5.69 Å². The quantitative estimate of drug-likeness (QED) is 0.768. The van der Waals surface area contributed by atoms with Gasteiger partial charge in [-0.2, -0.15) is 0 Å². The van der Waals surface area contributed by atoms with Gasteiger partial charge in [-0.05, 0) is 49.2 Å². The van der Waals surface area contributed by atoms with E-state index >= 15 is 0 Å². The molecule has 0 saturated carbocycles. The first kappa shape index (κ1) is 15.6. The summed E-state index contributed by atoms with van der Waals surface area (Å²) in [4.78, 5) is 22.5. The molecule has 0 bridgehead atoms. The van der Waals surface area contributed by atoms with Crippen molar-refractivity contribution in [1.82, 2.24) is 9.97 Å². The lowest BCUT2D eigenvalue weighted by molar-refractivity contribution is -0.120. The van der Waals surface area contributed by atoms with Crippen molar-refractivity contribution in [2.24, 2.45) is 5.92 Å². The van der Waals surface area contributed by atoms with E-state index in [1.165, 1.54) is 12.1 Å². The summed E-state index contributed by atoms with van der Waals surface area (Å²) in [5, 5.41) is 2.87. The van der Waals surface area contributed by atoms with Crippen LogP contribution in [0.3, 0.4) is 0 Å². The van der Waals surface area contributed by atoms with Crippen molar-refractivity contribution in [3.05, 3.63) is 54.3 Å². The molecular formula is C19H19FN4O. The predicted octanol–water partition coefficient (Wildman–Crippen LogP) is 3.56. The van der Waals surface area contributed by atoms with Crippen LogP contribution < -0.4 is 10.2 Å². The number of hydrogen-bond donors (Lipinski definition) is 2. The number of fused-ring (bicyclic) bond motifs is 1. The van der Waals surface area contributed by atoms with Gasteiger partial charge in [0.1, 0.15) is 5.82 Å². The van der Waals surface area contributed by atoms with Crippen molar-refractivity contribution in [3.8, 4) is 0 Å². The number of aromatic nitrogens is 2. The number of carbonyl (C=O) groups is 1. The Morgan fingerprint density at radius 2 is 1.84 bits per heavy atom. The molecule has 128 valence electrons. The lowest BCUT2D eigenvalue weighted by atomic mass is 9.96. The Bertz CT molecular complexity index is 849. The van der Waals surface area contributed by atoms with E-state index in [0.717, 1.165) is 42.9 Å². The van der Waals surface area contributed by atoms with Gasteiger partial charge in [0, 0.05) is 24.7 Å². The molecule has 3 aromatic rings. The summed E-state index contributed by atoms with van der Waals surface area (Å²) in [5.41, 5.74) is 2.61. The number of carbonyl (C=O) groups excluding carboxylic acids is 1. The predicted molar refractivity (Wildman–Crippen MR) is 96.1 cm³/mol. The van der Waals surface area contributed by atoms with Crippen molar-refractivity contribution in [2.75, 3.05) is 23.3 Å². The molecule has 25 heavy (non-hydrogen) atoms. The maximum Gasteiger partial charge on any atom is 0.227 e. The molecular weight excluding hydrogens is 319 g/mol. The van der Waals surface area contributed by atoms with Crippen LogP contribution in [-0.4, -0.2) is 29.0 Å². The van der Waals surface area contributed by atoms with E-state index in [9.17, 15) is 9.18 Å². The lowest BCUT2D eigenvalue weighted by Gasteiger charge is -2.31. The number of nitrogens with one attached hydrogen (secondary N) is 2. The molecule has 0 radical (unpaired) electrons. The van der Waals surface area contributed by atoms with Crippen LogP contribution in [0.15, 0.2) is 48.5 Å². The second-order valence-corrected chi connectivity index (χ2v) is 6.34. The fourth-order valence-corrected chi connectivity index (χ4v) is 3.22. The largest absolute Gasteiger partial charge is 0.342 e. The van der Waals surface area contributed by atoms with Gasteiger partial charge >= 0.3 is 0 Å². The second kappa shape index (κ2) is 6.55. The SMILES string of the molecule is O=C(Nc1ccc(F)cc1)C1CCN(c2nc3ccccc3[nH]2)CC1. The molecule has 0 atom stereocenters. The van der Waals surface area contributed by atoms with E-state index in [2.05, 4.69) is 20.2 Å². The molecule has 6 heteroatoms. The van der Waals surface area contributed by atoms with Gasteiger partial charge in [-0.25, -0.2) is 9.37 Å². The number of amides is 1. The van der Waals surface area contributed by atoms with Crippen LogP contribution in [0.25, 0.3) is 11.0 Å². The minimum absolute atomic E-state index is 0.00383. The fraction of sp³-hybridized carbons (Fsp3) is 0.263. The summed E-state index contributed by atoms with van der Waals surface area (Å²) >= 11 is 0. The third kappa shape index (κ3) is 3.33. The van der Waals surface area contributed by atoms with Crippen molar-refractivity contribution in [2.45, 2.75) is 12.8 Å². The number of piperidine rings is 1. The van der Waals surface area contributed by atoms with Gasteiger partial charge in [0.25, 0.3) is 0 Å². The Labute approximate surface area is 144 Å². The van der Waals surface area contributed by atoms with Crippen molar-refractivity contribution in [3.63, 3.8) is 0 Å². The Kier molecular flexibility index (Phi) is 4.09. The normalized spacial score (nSPS) is 15.5. The van der Waals surface area contributed by atoms with Gasteiger partial charge in [0.05, 0.1) is 11.0 Å². The van der Waals surface area contributed by atoms with Gasteiger partial charge in [-0.3, -0.25) is 4.79 Å². The third-order valence-electron chi connectivity index (χ3n) is 4.65. The van der Waals surface area contributed by atoms with Crippen LogP contribution in [0.4, 0.5) is 16.0 Å². The van der Waals surface area contributed by atoms with Crippen LogP contribution in [0.1, 0.15) is 12.8 Å². The molecule has 5 nitrogen and oxygen atoms in total. The van der Waals surface area contributed by atoms with E-state index < -0.39 is 0 Å². The van der Waals surface area contributed by atoms with Gasteiger partial charge in [-0.1, -0.05) is 12.1 Å². The maximum atomic E-state index is 12.9. The molecule has 0 spiro atoms. The highest BCUT2D eigenvalue weighted by Crippen LogP contribution is 2.24. The van der Waals surface area contributed by atoms with E-state index in [1.54, 1.807) is 12.1 Å². The van der Waals surface area contributed by atoms with Crippen LogP contribution in [-0.2, 0) is 4.79 Å². The average Bonchev–Trinajstić information content (AvgIpc) is 3.08. The topological polar surface area (TPSA) is 61.0 Å². The zero-order valence-electron chi connectivity index (χ0n) is 13.7. The zero-order valence-corrected chi connectivity index (χ0v) is 13.7. The first-order valence-electron chi connectivity index (χ1n) is 8.45. The molecule has 1 aromatic heterocycles. The minimum Gasteiger partial charge on any atom is -0.342 e. The molecule has 2 aromatic carbocycles. The van der Waals surface area contributed by atoms with E-state index in [-0.39, 0.29) is 17.6 Å². The van der Waals surface area contributed by atoms with Gasteiger partial charge in [0.2, 0.25) is 11.9 Å². The summed E-state index contributed by atoms with van der Waals surface area (Å²) in [6.45, 7) is 1.56. The zero-order chi connectivity index (χ0) is 17.2. The molecule has 1 aliphatic heterocycles. The van der Waals surface area contributed by atoms with Gasteiger partial charge in [-0.15, -0.1) is 0 Å². The van der Waals surface area contributed by atoms with Crippen LogP contribution in [0.5, 0.6) is 0 Å². The first-order valence-corrected chi connectivity index (χ1v) is 8.45. The van der Waals surface area contributed by atoms with Crippen molar-refractivity contribution >= 4 is 28.6 Å². The molecule has 1 saturated heterocycles. The molecule has 2 N–H and O–H groups in total. The number of aromatic amines is 1. The first-order chi connectivity index (χ1) is 12.2. The van der Waals surface area contributed by atoms with Crippen LogP contribution in [0, 0.1) is 11.7 Å². The standard InChI is InChI=1S/C19H19FN4O/c20-14-5-7-15(8-6-14)21-18(25)13-9-11-24(12-10-13)19-22-16-3-1-2-4-17(16)23-19/h1-8,13H,9-12H2,(H,21,25)(H,22,23). The number of nitrogens with zero attached hydrogens (tertiary/aromatic N) is 2. The monoisotopic (exact) mass is 338 g/mol. The van der Waals surface area contributed by atoms with Gasteiger partial charge < -0.3 is 15.2 Å². The average molecular weight is 338 g/mol. The molecule has 1 aliphatic rings. The molecule has 2 heterocycles. The Morgan fingerprint density at radius 3 is 2.56 bits per heavy atom. The number of para-hydroxylation sites is 2. The Balaban J connectivity index is 1.37. The number of rotatable bonds is 3. The third-order valence-corrected chi connectivity index (χ3v) is 4.65. The maximum absolute atomic E-state index is 12.9. The second-order valence-electron chi connectivity index (χ2n) is 6.34. The van der Waals surface area contributed by atoms with E-state index in [4.69, 9.17) is 0 Å². The van der Waals surface area contributed by atoms with Crippen LogP contribution in [0.2, 0.25) is 0 Å². The molecule has 4 rings (SSSR count). The smallest absolute Gasteiger partial charge is 0.227 e. The summed E-state index contributed by atoms with van der Waals surface area (Å²) in [5.74, 6) is 0.511. The summed E-state index contributed by atoms with van der Waals surface area (Å²) in [6.07, 6.45) is 1.54. The highest BCUT2D eigenvalue weighted by atomic mass is 19.1. The Morgan fingerprint density at radius 1 is 1.12 bits per heavy atom. The minimum atomic E-state index is -0.308. The fourth-order valence-electron chi connectivity index (χ4n) is 3.22. The highest BCUT2D eigenvalue weighted by molar-refractivity contribution is 5.92. The van der Waals surface area contributed by atoms with Crippen molar-refractivity contribution < 1.29 is 9.18 Å². The molecule has 1 amide bonds. The number of imidazole rings is 1. The lowest BCUT2D eigenvalue weighted by Crippen LogP contribution is -2.38. The summed E-state index contributed by atoms with van der Waals surface area (Å²) in [7, 11) is 0. The van der Waals surface area contributed by atoms with Crippen LogP contribution >= 0.6 is 0 Å². The Hall–Kier alpha value is -2.89. The number of benzene rings is 2. The molecule has 0 unspecified atom stereocenters. The number of anilines is 2. The number of halogens is 1. The highest BCUT2D eigenvalue weighted by Gasteiger charge is 2.26. The summed E-state index contributed by atoms with van der Waals surface area (Å²) < 4.78 is 12.9. The summed E-state index contributed by atoms with van der Waals surface area (Å²) in [6, 6.07) is 13.8. The number of hydrogen-bond acceptors (Lipinski definition) is 3. The van der Waals surface area contributed by atoms with E-state index in [1.807, 2.05) is 24.3 Å². The van der Waals surface area contributed by atoms with Gasteiger partial charge in [0.15, 0.2) is 0 Å². The van der Waals surface area contributed by atoms with Crippen molar-refractivity contribution in [1.29, 1.82) is 0 Å².